The van der Waals surface area contributed by atoms with Crippen LogP contribution in [-0.2, 0) is 21.8 Å². The molecule has 2 N–H and O–H groups in total. The number of carbonyl (C=O) groups excluding carboxylic acids is 3. The number of hydrogen-bond acceptors (Lipinski definition) is 13. The highest BCUT2D eigenvalue weighted by Crippen LogP contribution is 2.38. The fourth-order valence-corrected chi connectivity index (χ4v) is 7.75. The van der Waals surface area contributed by atoms with Gasteiger partial charge in [0.15, 0.2) is 0 Å². The number of nitrogens with one attached hydrogen (secondary N) is 1. The number of esters is 1. The van der Waals surface area contributed by atoms with Crippen molar-refractivity contribution in [2.75, 3.05) is 30.5 Å². The maximum Gasteiger partial charge on any atom is 0.420 e. The number of thioether (sulfide) groups is 1. The van der Waals surface area contributed by atoms with Gasteiger partial charge >= 0.3 is 17.7 Å². The smallest absolute Gasteiger partial charge is 0.420 e. The van der Waals surface area contributed by atoms with Crippen molar-refractivity contribution in [2.24, 2.45) is 0 Å². The van der Waals surface area contributed by atoms with Gasteiger partial charge in [0, 0.05) is 34.2 Å². The second kappa shape index (κ2) is 24.4. The molecule has 5 aromatic rings. The number of hydrogen-bond donors (Lipinski definition) is 2. The van der Waals surface area contributed by atoms with Crippen molar-refractivity contribution in [3.05, 3.63) is 105 Å². The summed E-state index contributed by atoms with van der Waals surface area (Å²) in [5.41, 5.74) is 0.739. The molecule has 0 bridgehead atoms. The van der Waals surface area contributed by atoms with E-state index in [4.69, 9.17) is 25.8 Å². The highest BCUT2D eigenvalue weighted by molar-refractivity contribution is 7.98. The molecule has 1 aromatic heterocycles. The Morgan fingerprint density at radius 3 is 2.40 bits per heavy atom. The highest BCUT2D eigenvalue weighted by atomic mass is 35.5. The number of phenols is 1. The van der Waals surface area contributed by atoms with Crippen LogP contribution >= 0.6 is 23.4 Å². The molecule has 0 atom stereocenters. The van der Waals surface area contributed by atoms with Gasteiger partial charge in [0.05, 0.1) is 29.0 Å². The van der Waals surface area contributed by atoms with Gasteiger partial charge in [-0.25, -0.2) is 9.48 Å². The third-order valence-electron chi connectivity index (χ3n) is 10.1. The summed E-state index contributed by atoms with van der Waals surface area (Å²) in [5, 5.41) is 39.5. The molecule has 0 fully saturated rings. The predicted molar refractivity (Wildman–Crippen MR) is 243 cm³/mol. The van der Waals surface area contributed by atoms with E-state index in [1.165, 1.54) is 73.1 Å². The summed E-state index contributed by atoms with van der Waals surface area (Å²) in [6.45, 7) is 4.12. The lowest BCUT2D eigenvalue weighted by Gasteiger charge is -2.24. The summed E-state index contributed by atoms with van der Waals surface area (Å²) in [6, 6.07) is 17.1. The number of nitro groups is 1. The zero-order valence-corrected chi connectivity index (χ0v) is 37.2. The number of phenolic OH excluding ortho intramolecular Hbond substituents is 1. The van der Waals surface area contributed by atoms with E-state index in [9.17, 15) is 29.6 Å². The van der Waals surface area contributed by atoms with Crippen molar-refractivity contribution in [1.82, 2.24) is 20.2 Å². The number of allylic oxidation sites excluding steroid dienone is 1. The number of anilines is 2. The van der Waals surface area contributed by atoms with Crippen molar-refractivity contribution >= 4 is 69.2 Å². The Hall–Kier alpha value is -6.20. The average Bonchev–Trinajstić information content (AvgIpc) is 3.71. The number of nitrogens with zero attached hydrogens (tertiary/aromatic N) is 6. The van der Waals surface area contributed by atoms with E-state index in [0.717, 1.165) is 37.4 Å². The summed E-state index contributed by atoms with van der Waals surface area (Å²) in [6.07, 6.45) is 13.3. The molecule has 18 heteroatoms. The summed E-state index contributed by atoms with van der Waals surface area (Å²) >= 11 is 7.32. The maximum atomic E-state index is 14.2. The van der Waals surface area contributed by atoms with Crippen LogP contribution in [0.4, 0.5) is 21.9 Å². The largest absolute Gasteiger partial charge is 0.506 e. The summed E-state index contributed by atoms with van der Waals surface area (Å²) in [7, 11) is 1.46. The number of ether oxygens (including phenoxy) is 3. The van der Waals surface area contributed by atoms with Crippen LogP contribution in [0.25, 0.3) is 10.8 Å². The highest BCUT2D eigenvalue weighted by Gasteiger charge is 2.26. The van der Waals surface area contributed by atoms with Crippen LogP contribution in [-0.4, -0.2) is 68.5 Å². The molecule has 334 valence electrons. The van der Waals surface area contributed by atoms with E-state index >= 15 is 0 Å². The zero-order valence-electron chi connectivity index (χ0n) is 35.6. The second-order valence-electron chi connectivity index (χ2n) is 14.6. The van der Waals surface area contributed by atoms with Gasteiger partial charge in [-0.2, -0.15) is 0 Å². The van der Waals surface area contributed by atoms with E-state index in [2.05, 4.69) is 27.8 Å². The van der Waals surface area contributed by atoms with Crippen molar-refractivity contribution in [3.63, 3.8) is 0 Å². The third kappa shape index (κ3) is 13.6. The topological polar surface area (TPSA) is 201 Å². The van der Waals surface area contributed by atoms with E-state index < -0.39 is 28.6 Å². The van der Waals surface area contributed by atoms with Gasteiger partial charge < -0.3 is 24.6 Å². The summed E-state index contributed by atoms with van der Waals surface area (Å²) < 4.78 is 17.6. The van der Waals surface area contributed by atoms with Crippen LogP contribution in [0.15, 0.2) is 84.0 Å². The number of rotatable bonds is 24. The molecule has 0 aliphatic rings. The van der Waals surface area contributed by atoms with E-state index in [1.54, 1.807) is 54.6 Å². The molecule has 4 aromatic carbocycles. The van der Waals surface area contributed by atoms with Gasteiger partial charge in [0.25, 0.3) is 5.91 Å². The van der Waals surface area contributed by atoms with Gasteiger partial charge in [0.2, 0.25) is 10.9 Å². The first kappa shape index (κ1) is 47.8. The van der Waals surface area contributed by atoms with Crippen molar-refractivity contribution in [2.45, 2.75) is 95.5 Å². The molecular weight excluding hydrogens is 850 g/mol. The van der Waals surface area contributed by atoms with Crippen LogP contribution in [0.2, 0.25) is 5.02 Å². The predicted octanol–water partition coefficient (Wildman–Crippen LogP) is 10.7. The van der Waals surface area contributed by atoms with Gasteiger partial charge in [-0.15, -0.1) is 5.10 Å². The Morgan fingerprint density at radius 1 is 0.952 bits per heavy atom. The van der Waals surface area contributed by atoms with Crippen molar-refractivity contribution < 1.29 is 38.6 Å². The lowest BCUT2D eigenvalue weighted by Crippen LogP contribution is -2.34. The number of aromatic hydroxyl groups is 1. The van der Waals surface area contributed by atoms with E-state index in [-0.39, 0.29) is 42.5 Å². The van der Waals surface area contributed by atoms with Crippen LogP contribution in [0.1, 0.15) is 94.0 Å². The fourth-order valence-electron chi connectivity index (χ4n) is 6.76. The number of halogens is 1. The number of amides is 2. The van der Waals surface area contributed by atoms with Crippen LogP contribution in [0.5, 0.6) is 17.2 Å². The SMILES string of the molecule is C/C=C\COC(=O)Cn1nnnc1SCc1ccc(OC(=O)N(CCCCCCCCCCCC)c2cccc3c(O)c(C(=O)Nc4cc(Cl)ccc4OC)ccc23)c([N+](=O)[O-])c1. The molecule has 0 radical (unpaired) electrons. The molecule has 0 saturated heterocycles. The number of methoxy groups -OCH3 is 1. The Kier molecular flexibility index (Phi) is 18.6. The normalized spacial score (nSPS) is 11.2. The molecule has 2 amide bonds. The molecule has 0 unspecified atom stereocenters. The lowest BCUT2D eigenvalue weighted by molar-refractivity contribution is -0.385. The van der Waals surface area contributed by atoms with Crippen LogP contribution in [0, 0.1) is 10.1 Å². The standard InChI is InChI=1S/C45H52ClN7O9S/c1-4-6-8-9-10-11-12-13-14-15-25-51(37-18-16-17-34-33(37)21-22-35(42(34)55)43(56)47-36-28-32(46)20-24-39(36)60-3)45(57)62-40-23-19-31(27-38(40)53(58)59)30-63-44-48-49-50-52(44)29-41(54)61-26-7-5-2/h5,7,16-24,27-28,55H,4,6,8-15,25-26,29-30H2,1-3H3,(H,47,56)/b7-5-. The van der Waals surface area contributed by atoms with Gasteiger partial charge in [-0.3, -0.25) is 24.6 Å². The van der Waals surface area contributed by atoms with E-state index in [0.29, 0.717) is 50.1 Å². The minimum atomic E-state index is -0.863. The number of fused-ring (bicyclic) bond motifs is 1. The molecular formula is C45H52ClN7O9S. The van der Waals surface area contributed by atoms with Crippen molar-refractivity contribution in [1.29, 1.82) is 0 Å². The number of nitro benzene ring substituents is 1. The summed E-state index contributed by atoms with van der Waals surface area (Å²) in [4.78, 5) is 53.0. The Morgan fingerprint density at radius 2 is 1.68 bits per heavy atom. The van der Waals surface area contributed by atoms with Gasteiger partial charge in [-0.05, 0) is 65.7 Å². The Bertz CT molecular complexity index is 2390. The second-order valence-corrected chi connectivity index (χ2v) is 15.9. The Labute approximate surface area is 375 Å². The number of carbonyl (C=O) groups is 3. The Balaban J connectivity index is 1.36. The third-order valence-corrected chi connectivity index (χ3v) is 11.3. The van der Waals surface area contributed by atoms with Crippen LogP contribution < -0.4 is 19.7 Å². The monoisotopic (exact) mass is 901 g/mol. The average molecular weight is 902 g/mol. The maximum absolute atomic E-state index is 14.2. The number of aromatic nitrogens is 4. The molecule has 16 nitrogen and oxygen atoms in total. The van der Waals surface area contributed by atoms with Crippen LogP contribution in [0.3, 0.4) is 0 Å². The number of tetrazole rings is 1. The number of benzene rings is 4. The zero-order chi connectivity index (χ0) is 45.1. The first-order valence-electron chi connectivity index (χ1n) is 20.9. The molecule has 0 aliphatic carbocycles. The molecule has 5 rings (SSSR count). The van der Waals surface area contributed by atoms with Gasteiger partial charge in [0.1, 0.15) is 24.7 Å². The molecule has 0 aliphatic heterocycles. The number of unbranched alkanes of at least 4 members (excludes halogenated alkanes) is 9. The molecule has 63 heavy (non-hydrogen) atoms. The van der Waals surface area contributed by atoms with E-state index in [1.807, 2.05) is 6.92 Å². The first-order chi connectivity index (χ1) is 30.5. The molecule has 0 spiro atoms. The summed E-state index contributed by atoms with van der Waals surface area (Å²) in [5.74, 6) is -1.16. The molecule has 0 saturated carbocycles. The first-order valence-corrected chi connectivity index (χ1v) is 22.2. The fraction of sp³-hybridized carbons (Fsp3) is 0.378. The molecule has 1 heterocycles. The lowest BCUT2D eigenvalue weighted by atomic mass is 10.0. The minimum absolute atomic E-state index is 0.0292. The quantitative estimate of drug-likeness (QED) is 0.0148. The van der Waals surface area contributed by atoms with Crippen molar-refractivity contribution in [3.8, 4) is 17.2 Å². The minimum Gasteiger partial charge on any atom is -0.506 e. The van der Waals surface area contributed by atoms with Gasteiger partial charge in [-0.1, -0.05) is 124 Å².